The van der Waals surface area contributed by atoms with Crippen molar-refractivity contribution >= 4 is 28.1 Å². The van der Waals surface area contributed by atoms with Gasteiger partial charge < -0.3 is 4.98 Å². The maximum absolute atomic E-state index is 13.4. The van der Waals surface area contributed by atoms with Crippen LogP contribution in [0.25, 0.3) is 5.69 Å². The molecule has 1 aromatic heterocycles. The fourth-order valence-corrected chi connectivity index (χ4v) is 2.50. The number of H-pyrrole nitrogens is 1. The molecule has 0 bridgehead atoms. The number of hydrogen-bond acceptors (Lipinski definition) is 1. The zero-order chi connectivity index (χ0) is 13.5. The molecule has 0 fully saturated rings. The highest BCUT2D eigenvalue weighted by atomic mass is 79.9. The second-order valence-electron chi connectivity index (χ2n) is 5.16. The Balaban J connectivity index is 2.75. The lowest BCUT2D eigenvalue weighted by Crippen LogP contribution is -2.17. The monoisotopic (exact) mass is 328 g/mol. The largest absolute Gasteiger partial charge is 0.337 e. The summed E-state index contributed by atoms with van der Waals surface area (Å²) in [6.45, 7) is 6.28. The third kappa shape index (κ3) is 2.42. The number of aromatic nitrogens is 2. The molecule has 2 rings (SSSR count). The molecule has 0 aliphatic heterocycles. The Hall–Kier alpha value is -0.940. The van der Waals surface area contributed by atoms with Crippen molar-refractivity contribution in [2.45, 2.75) is 26.2 Å². The SMILES string of the molecule is CC(C)(C)c1c[nH]c(=S)n1-c1cc(F)ccc1Br. The fraction of sp³-hybridized carbons (Fsp3) is 0.308. The minimum Gasteiger partial charge on any atom is -0.337 e. The molecule has 0 aliphatic rings. The first-order chi connectivity index (χ1) is 8.30. The van der Waals surface area contributed by atoms with Crippen LogP contribution in [-0.4, -0.2) is 9.55 Å². The highest BCUT2D eigenvalue weighted by molar-refractivity contribution is 9.10. The summed E-state index contributed by atoms with van der Waals surface area (Å²) in [5, 5.41) is 0. The van der Waals surface area contributed by atoms with E-state index in [0.29, 0.717) is 10.5 Å². The van der Waals surface area contributed by atoms with Gasteiger partial charge in [0.1, 0.15) is 5.82 Å². The van der Waals surface area contributed by atoms with E-state index >= 15 is 0 Å². The normalized spacial score (nSPS) is 11.8. The Morgan fingerprint density at radius 2 is 2.00 bits per heavy atom. The van der Waals surface area contributed by atoms with Crippen LogP contribution in [0.15, 0.2) is 28.9 Å². The zero-order valence-electron chi connectivity index (χ0n) is 10.4. The summed E-state index contributed by atoms with van der Waals surface area (Å²) in [6, 6.07) is 4.58. The van der Waals surface area contributed by atoms with E-state index in [1.54, 1.807) is 6.07 Å². The number of nitrogens with one attached hydrogen (secondary N) is 1. The molecule has 0 saturated heterocycles. The third-order valence-electron chi connectivity index (χ3n) is 2.69. The van der Waals surface area contributed by atoms with Crippen molar-refractivity contribution in [3.63, 3.8) is 0 Å². The maximum atomic E-state index is 13.4. The lowest BCUT2D eigenvalue weighted by atomic mass is 9.92. The van der Waals surface area contributed by atoms with E-state index in [4.69, 9.17) is 12.2 Å². The van der Waals surface area contributed by atoms with Gasteiger partial charge in [0.2, 0.25) is 0 Å². The number of imidazole rings is 1. The minimum absolute atomic E-state index is 0.0840. The van der Waals surface area contributed by atoms with Crippen molar-refractivity contribution in [1.29, 1.82) is 0 Å². The molecule has 2 nitrogen and oxygen atoms in total. The molecule has 18 heavy (non-hydrogen) atoms. The number of nitrogens with zero attached hydrogens (tertiary/aromatic N) is 1. The first kappa shape index (κ1) is 13.5. The topological polar surface area (TPSA) is 20.7 Å². The van der Waals surface area contributed by atoms with E-state index in [1.807, 2.05) is 10.8 Å². The quantitative estimate of drug-likeness (QED) is 0.750. The molecule has 96 valence electrons. The zero-order valence-corrected chi connectivity index (χ0v) is 12.8. The van der Waals surface area contributed by atoms with Crippen LogP contribution in [0.4, 0.5) is 4.39 Å². The van der Waals surface area contributed by atoms with Crippen molar-refractivity contribution < 1.29 is 4.39 Å². The third-order valence-corrected chi connectivity index (χ3v) is 3.66. The molecule has 0 atom stereocenters. The lowest BCUT2D eigenvalue weighted by Gasteiger charge is -2.21. The summed E-state index contributed by atoms with van der Waals surface area (Å²) >= 11 is 8.73. The number of rotatable bonds is 1. The van der Waals surface area contributed by atoms with Gasteiger partial charge in [-0.1, -0.05) is 20.8 Å². The van der Waals surface area contributed by atoms with Crippen molar-refractivity contribution in [3.05, 3.63) is 45.2 Å². The van der Waals surface area contributed by atoms with Crippen LogP contribution >= 0.6 is 28.1 Å². The molecule has 2 aromatic rings. The second-order valence-corrected chi connectivity index (χ2v) is 6.40. The smallest absolute Gasteiger partial charge is 0.182 e. The molecule has 5 heteroatoms. The van der Waals surface area contributed by atoms with Crippen LogP contribution in [0.2, 0.25) is 0 Å². The number of halogens is 2. The van der Waals surface area contributed by atoms with Gasteiger partial charge in [-0.3, -0.25) is 4.57 Å². The molecule has 1 aromatic carbocycles. The maximum Gasteiger partial charge on any atom is 0.182 e. The van der Waals surface area contributed by atoms with Gasteiger partial charge in [0.15, 0.2) is 4.77 Å². The Labute approximate surface area is 119 Å². The Morgan fingerprint density at radius 3 is 2.61 bits per heavy atom. The van der Waals surface area contributed by atoms with Gasteiger partial charge in [-0.15, -0.1) is 0 Å². The van der Waals surface area contributed by atoms with E-state index in [2.05, 4.69) is 41.7 Å². The van der Waals surface area contributed by atoms with Gasteiger partial charge in [0.05, 0.1) is 5.69 Å². The predicted molar refractivity (Wildman–Crippen MR) is 77.3 cm³/mol. The molecule has 0 saturated carbocycles. The van der Waals surface area contributed by atoms with Crippen LogP contribution in [0.3, 0.4) is 0 Å². The molecule has 1 N–H and O–H groups in total. The molecule has 0 aliphatic carbocycles. The Morgan fingerprint density at radius 1 is 1.33 bits per heavy atom. The van der Waals surface area contributed by atoms with E-state index in [9.17, 15) is 4.39 Å². The van der Waals surface area contributed by atoms with Gasteiger partial charge in [-0.05, 0) is 46.3 Å². The summed E-state index contributed by atoms with van der Waals surface area (Å²) in [4.78, 5) is 3.02. The lowest BCUT2D eigenvalue weighted by molar-refractivity contribution is 0.554. The first-order valence-electron chi connectivity index (χ1n) is 5.57. The summed E-state index contributed by atoms with van der Waals surface area (Å²) < 4.78 is 16.7. The summed E-state index contributed by atoms with van der Waals surface area (Å²) in [6.07, 6.45) is 1.87. The standard InChI is InChI=1S/C13H14BrFN2S/c1-13(2,3)11-7-16-12(18)17(11)10-6-8(15)4-5-9(10)14/h4-7H,1-3H3,(H,16,18). The highest BCUT2D eigenvalue weighted by Gasteiger charge is 2.21. The number of benzene rings is 1. The predicted octanol–water partition coefficient (Wildman–Crippen LogP) is 4.73. The van der Waals surface area contributed by atoms with Crippen molar-refractivity contribution in [2.75, 3.05) is 0 Å². The number of aromatic amines is 1. The van der Waals surface area contributed by atoms with Gasteiger partial charge in [-0.2, -0.15) is 0 Å². The van der Waals surface area contributed by atoms with Crippen LogP contribution in [-0.2, 0) is 5.41 Å². The van der Waals surface area contributed by atoms with E-state index in [0.717, 1.165) is 10.2 Å². The fourth-order valence-electron chi connectivity index (χ4n) is 1.82. The molecule has 0 amide bonds. The molecular weight excluding hydrogens is 315 g/mol. The summed E-state index contributed by atoms with van der Waals surface area (Å²) in [7, 11) is 0. The molecule has 0 unspecified atom stereocenters. The van der Waals surface area contributed by atoms with Crippen molar-refractivity contribution in [3.8, 4) is 5.69 Å². The van der Waals surface area contributed by atoms with Crippen molar-refractivity contribution in [2.24, 2.45) is 0 Å². The Kier molecular flexibility index (Phi) is 3.47. The Bertz CT molecular complexity index is 637. The van der Waals surface area contributed by atoms with Gasteiger partial charge in [-0.25, -0.2) is 4.39 Å². The van der Waals surface area contributed by atoms with Crippen LogP contribution in [0.5, 0.6) is 0 Å². The van der Waals surface area contributed by atoms with E-state index in [1.165, 1.54) is 12.1 Å². The first-order valence-corrected chi connectivity index (χ1v) is 6.77. The van der Waals surface area contributed by atoms with Crippen LogP contribution < -0.4 is 0 Å². The van der Waals surface area contributed by atoms with Gasteiger partial charge >= 0.3 is 0 Å². The van der Waals surface area contributed by atoms with Crippen molar-refractivity contribution in [1.82, 2.24) is 9.55 Å². The summed E-state index contributed by atoms with van der Waals surface area (Å²) in [5.41, 5.74) is 1.64. The number of hydrogen-bond donors (Lipinski definition) is 1. The average molecular weight is 329 g/mol. The van der Waals surface area contributed by atoms with E-state index < -0.39 is 0 Å². The van der Waals surface area contributed by atoms with Crippen LogP contribution in [0.1, 0.15) is 26.5 Å². The molecule has 1 heterocycles. The second kappa shape index (κ2) is 4.63. The molecule has 0 spiro atoms. The van der Waals surface area contributed by atoms with E-state index in [-0.39, 0.29) is 11.2 Å². The van der Waals surface area contributed by atoms with Gasteiger partial charge in [0.25, 0.3) is 0 Å². The average Bonchev–Trinajstić information content (AvgIpc) is 2.63. The molecular formula is C13H14BrFN2S. The molecule has 0 radical (unpaired) electrons. The highest BCUT2D eigenvalue weighted by Crippen LogP contribution is 2.29. The minimum atomic E-state index is -0.281. The van der Waals surface area contributed by atoms with Crippen LogP contribution in [0, 0.1) is 10.6 Å². The van der Waals surface area contributed by atoms with Gasteiger partial charge in [0, 0.05) is 21.8 Å². The summed E-state index contributed by atoms with van der Waals surface area (Å²) in [5.74, 6) is -0.281.